The number of halogens is 1. The molecule has 18 heavy (non-hydrogen) atoms. The Balaban J connectivity index is 2.53. The third-order valence-corrected chi connectivity index (χ3v) is 2.24. The van der Waals surface area contributed by atoms with E-state index in [1.807, 2.05) is 0 Å². The van der Waals surface area contributed by atoms with Crippen LogP contribution in [0.4, 0.5) is 4.39 Å². The molecule has 0 radical (unpaired) electrons. The summed E-state index contributed by atoms with van der Waals surface area (Å²) in [6.07, 6.45) is 1.07. The topological polar surface area (TPSA) is 92.4 Å². The van der Waals surface area contributed by atoms with Crippen molar-refractivity contribution in [2.75, 3.05) is 0 Å². The van der Waals surface area contributed by atoms with E-state index in [0.29, 0.717) is 5.69 Å². The van der Waals surface area contributed by atoms with Crippen molar-refractivity contribution in [1.82, 2.24) is 9.78 Å². The molecule has 92 valence electrons. The molecule has 2 N–H and O–H groups in total. The number of aromatic carboxylic acids is 2. The second-order valence-electron chi connectivity index (χ2n) is 3.42. The van der Waals surface area contributed by atoms with Crippen LogP contribution in [-0.2, 0) is 0 Å². The standard InChI is InChI=1S/C11H7FN2O4/c12-6-1-3-7(4-2-6)14-5-8(10(15)16)9(13-14)11(17)18/h1-5H,(H,15,16)(H,17,18). The lowest BCUT2D eigenvalue weighted by atomic mass is 10.2. The van der Waals surface area contributed by atoms with Gasteiger partial charge in [0.1, 0.15) is 11.4 Å². The molecule has 6 nitrogen and oxygen atoms in total. The Labute approximate surface area is 99.9 Å². The van der Waals surface area contributed by atoms with Crippen molar-refractivity contribution in [2.45, 2.75) is 0 Å². The van der Waals surface area contributed by atoms with E-state index >= 15 is 0 Å². The molecule has 1 heterocycles. The van der Waals surface area contributed by atoms with Crippen molar-refractivity contribution in [2.24, 2.45) is 0 Å². The lowest BCUT2D eigenvalue weighted by molar-refractivity contribution is 0.0648. The van der Waals surface area contributed by atoms with Gasteiger partial charge < -0.3 is 10.2 Å². The first kappa shape index (κ1) is 11.8. The van der Waals surface area contributed by atoms with E-state index in [2.05, 4.69) is 5.10 Å². The number of benzene rings is 1. The van der Waals surface area contributed by atoms with E-state index < -0.39 is 29.0 Å². The summed E-state index contributed by atoms with van der Waals surface area (Å²) in [5.41, 5.74) is -0.620. The molecule has 0 fully saturated rings. The molecule has 0 saturated carbocycles. The third kappa shape index (κ3) is 2.05. The molecule has 0 aliphatic heterocycles. The van der Waals surface area contributed by atoms with Crippen LogP contribution in [0, 0.1) is 5.82 Å². The number of carboxylic acid groups (broad SMARTS) is 2. The number of nitrogens with zero attached hydrogens (tertiary/aromatic N) is 2. The van der Waals surface area contributed by atoms with Crippen molar-refractivity contribution >= 4 is 11.9 Å². The Hall–Kier alpha value is -2.70. The van der Waals surface area contributed by atoms with Gasteiger partial charge in [-0.15, -0.1) is 0 Å². The van der Waals surface area contributed by atoms with Crippen LogP contribution in [0.5, 0.6) is 0 Å². The van der Waals surface area contributed by atoms with Crippen LogP contribution in [0.1, 0.15) is 20.8 Å². The van der Waals surface area contributed by atoms with Gasteiger partial charge >= 0.3 is 11.9 Å². The first-order chi connectivity index (χ1) is 8.49. The summed E-state index contributed by atoms with van der Waals surface area (Å²) in [6, 6.07) is 5.05. The number of aromatic nitrogens is 2. The van der Waals surface area contributed by atoms with Gasteiger partial charge in [0.15, 0.2) is 5.69 Å². The summed E-state index contributed by atoms with van der Waals surface area (Å²) in [4.78, 5) is 21.7. The Kier molecular flexibility index (Phi) is 2.80. The van der Waals surface area contributed by atoms with Crippen LogP contribution in [0.25, 0.3) is 5.69 Å². The second kappa shape index (κ2) is 4.28. The van der Waals surface area contributed by atoms with Gasteiger partial charge in [-0.2, -0.15) is 5.10 Å². The molecule has 0 atom stereocenters. The molecule has 7 heteroatoms. The highest BCUT2D eigenvalue weighted by atomic mass is 19.1. The van der Waals surface area contributed by atoms with Gasteiger partial charge in [-0.3, -0.25) is 0 Å². The van der Waals surface area contributed by atoms with E-state index in [1.165, 1.54) is 12.1 Å². The molecule has 0 bridgehead atoms. The van der Waals surface area contributed by atoms with Crippen molar-refractivity contribution in [3.05, 3.63) is 47.5 Å². The lowest BCUT2D eigenvalue weighted by Crippen LogP contribution is -2.06. The summed E-state index contributed by atoms with van der Waals surface area (Å²) in [5, 5.41) is 21.3. The molecule has 1 aromatic carbocycles. The highest BCUT2D eigenvalue weighted by molar-refractivity contribution is 6.00. The molecule has 0 aliphatic carbocycles. The minimum atomic E-state index is -1.44. The summed E-state index contributed by atoms with van der Waals surface area (Å²) >= 11 is 0. The molecule has 0 aliphatic rings. The number of rotatable bonds is 3. The minimum Gasteiger partial charge on any atom is -0.478 e. The molecule has 0 unspecified atom stereocenters. The third-order valence-electron chi connectivity index (χ3n) is 2.24. The molecule has 0 amide bonds. The van der Waals surface area contributed by atoms with Gasteiger partial charge in [-0.05, 0) is 24.3 Å². The van der Waals surface area contributed by atoms with Crippen LogP contribution >= 0.6 is 0 Å². The SMILES string of the molecule is O=C(O)c1cn(-c2ccc(F)cc2)nc1C(=O)O. The second-order valence-corrected chi connectivity index (χ2v) is 3.42. The van der Waals surface area contributed by atoms with Gasteiger partial charge in [-0.1, -0.05) is 0 Å². The summed E-state index contributed by atoms with van der Waals surface area (Å²) in [6.45, 7) is 0. The van der Waals surface area contributed by atoms with E-state index in [1.54, 1.807) is 0 Å². The molecular weight excluding hydrogens is 243 g/mol. The fraction of sp³-hybridized carbons (Fsp3) is 0. The number of hydrogen-bond donors (Lipinski definition) is 2. The van der Waals surface area contributed by atoms with Gasteiger partial charge in [0, 0.05) is 6.20 Å². The van der Waals surface area contributed by atoms with Crippen LogP contribution in [-0.4, -0.2) is 31.9 Å². The Bertz CT molecular complexity index is 587. The Morgan fingerprint density at radius 1 is 1.11 bits per heavy atom. The summed E-state index contributed by atoms with van der Waals surface area (Å²) < 4.78 is 13.8. The number of hydrogen-bond acceptors (Lipinski definition) is 3. The molecule has 0 saturated heterocycles. The van der Waals surface area contributed by atoms with Gasteiger partial charge in [-0.25, -0.2) is 18.7 Å². The fourth-order valence-electron chi connectivity index (χ4n) is 1.41. The number of carbonyl (C=O) groups is 2. The van der Waals surface area contributed by atoms with Crippen LogP contribution in [0.15, 0.2) is 30.5 Å². The quantitative estimate of drug-likeness (QED) is 0.859. The lowest BCUT2D eigenvalue weighted by Gasteiger charge is -1.99. The first-order valence-corrected chi connectivity index (χ1v) is 4.81. The normalized spacial score (nSPS) is 10.3. The Morgan fingerprint density at radius 2 is 1.72 bits per heavy atom. The van der Waals surface area contributed by atoms with Crippen molar-refractivity contribution in [3.8, 4) is 5.69 Å². The average Bonchev–Trinajstić information content (AvgIpc) is 2.75. The minimum absolute atomic E-state index is 0.367. The maximum absolute atomic E-state index is 12.7. The molecular formula is C11H7FN2O4. The Morgan fingerprint density at radius 3 is 2.17 bits per heavy atom. The van der Waals surface area contributed by atoms with Crippen LogP contribution < -0.4 is 0 Å². The maximum atomic E-state index is 12.7. The number of carboxylic acids is 2. The predicted molar refractivity (Wildman–Crippen MR) is 57.4 cm³/mol. The first-order valence-electron chi connectivity index (χ1n) is 4.81. The van der Waals surface area contributed by atoms with E-state index in [0.717, 1.165) is 23.0 Å². The molecule has 0 spiro atoms. The largest absolute Gasteiger partial charge is 0.478 e. The van der Waals surface area contributed by atoms with E-state index in [-0.39, 0.29) is 0 Å². The van der Waals surface area contributed by atoms with Gasteiger partial charge in [0.05, 0.1) is 5.69 Å². The van der Waals surface area contributed by atoms with Crippen molar-refractivity contribution in [3.63, 3.8) is 0 Å². The molecule has 1 aromatic heterocycles. The highest BCUT2D eigenvalue weighted by Crippen LogP contribution is 2.13. The van der Waals surface area contributed by atoms with E-state index in [4.69, 9.17) is 10.2 Å². The maximum Gasteiger partial charge on any atom is 0.357 e. The van der Waals surface area contributed by atoms with Crippen molar-refractivity contribution in [1.29, 1.82) is 0 Å². The van der Waals surface area contributed by atoms with Crippen molar-refractivity contribution < 1.29 is 24.2 Å². The zero-order chi connectivity index (χ0) is 13.3. The fourth-order valence-corrected chi connectivity index (χ4v) is 1.41. The summed E-state index contributed by atoms with van der Waals surface area (Å²) in [7, 11) is 0. The molecule has 2 aromatic rings. The predicted octanol–water partition coefficient (Wildman–Crippen LogP) is 1.41. The zero-order valence-corrected chi connectivity index (χ0v) is 8.87. The molecule has 2 rings (SSSR count). The monoisotopic (exact) mass is 250 g/mol. The highest BCUT2D eigenvalue weighted by Gasteiger charge is 2.21. The van der Waals surface area contributed by atoms with Crippen LogP contribution in [0.3, 0.4) is 0 Å². The van der Waals surface area contributed by atoms with E-state index in [9.17, 15) is 14.0 Å². The summed E-state index contributed by atoms with van der Waals surface area (Å²) in [5.74, 6) is -3.28. The zero-order valence-electron chi connectivity index (χ0n) is 8.87. The van der Waals surface area contributed by atoms with Crippen LogP contribution in [0.2, 0.25) is 0 Å². The van der Waals surface area contributed by atoms with Gasteiger partial charge in [0.2, 0.25) is 0 Å². The van der Waals surface area contributed by atoms with Gasteiger partial charge in [0.25, 0.3) is 0 Å². The average molecular weight is 250 g/mol. The smallest absolute Gasteiger partial charge is 0.357 e.